The molecule has 0 aromatic heterocycles. The minimum Gasteiger partial charge on any atom is -0.481 e. The molecule has 0 radical (unpaired) electrons. The molecule has 1 atom stereocenters. The van der Waals surface area contributed by atoms with Gasteiger partial charge in [-0.25, -0.2) is 4.79 Å². The van der Waals surface area contributed by atoms with E-state index in [0.717, 1.165) is 6.54 Å². The largest absolute Gasteiger partial charge is 0.481 e. The van der Waals surface area contributed by atoms with Crippen molar-refractivity contribution in [3.05, 3.63) is 0 Å². The van der Waals surface area contributed by atoms with Gasteiger partial charge in [0.2, 0.25) is 0 Å². The quantitative estimate of drug-likeness (QED) is 0.755. The molecule has 0 aromatic rings. The average Bonchev–Trinajstić information content (AvgIpc) is 2.73. The Labute approximate surface area is 102 Å². The predicted octanol–water partition coefficient (Wildman–Crippen LogP) is 0.00630. The van der Waals surface area contributed by atoms with Crippen molar-refractivity contribution in [1.82, 2.24) is 14.7 Å². The summed E-state index contributed by atoms with van der Waals surface area (Å²) in [5.41, 5.74) is 0. The zero-order valence-corrected chi connectivity index (χ0v) is 10.7. The molecule has 98 valence electrons. The molecule has 0 bridgehead atoms. The Kier molecular flexibility index (Phi) is 4.74. The molecule has 0 spiro atoms. The van der Waals surface area contributed by atoms with Crippen LogP contribution >= 0.6 is 0 Å². The number of hydrogen-bond acceptors (Lipinski definition) is 3. The molecule has 0 aromatic carbocycles. The average molecular weight is 243 g/mol. The van der Waals surface area contributed by atoms with Crippen molar-refractivity contribution in [2.75, 3.05) is 47.3 Å². The SMILES string of the molecule is CN(C)CCN(C)C(=O)N1CCC(C(=O)O)C1. The third-order valence-electron chi connectivity index (χ3n) is 3.02. The van der Waals surface area contributed by atoms with Gasteiger partial charge in [-0.15, -0.1) is 0 Å². The lowest BCUT2D eigenvalue weighted by molar-refractivity contribution is -0.141. The summed E-state index contributed by atoms with van der Waals surface area (Å²) in [6, 6.07) is -0.0735. The molecule has 6 nitrogen and oxygen atoms in total. The second-order valence-corrected chi connectivity index (χ2v) is 4.78. The van der Waals surface area contributed by atoms with Crippen LogP contribution in [0, 0.1) is 5.92 Å². The number of urea groups is 1. The topological polar surface area (TPSA) is 64.1 Å². The fourth-order valence-electron chi connectivity index (χ4n) is 1.82. The summed E-state index contributed by atoms with van der Waals surface area (Å²) >= 11 is 0. The number of carbonyl (C=O) groups excluding carboxylic acids is 1. The number of rotatable bonds is 4. The van der Waals surface area contributed by atoms with E-state index < -0.39 is 11.9 Å². The molecule has 17 heavy (non-hydrogen) atoms. The van der Waals surface area contributed by atoms with E-state index in [4.69, 9.17) is 5.11 Å². The van der Waals surface area contributed by atoms with Crippen LogP contribution in [-0.2, 0) is 4.79 Å². The number of likely N-dealkylation sites (tertiary alicyclic amines) is 1. The number of carboxylic acids is 1. The lowest BCUT2D eigenvalue weighted by atomic mass is 10.1. The van der Waals surface area contributed by atoms with E-state index in [-0.39, 0.29) is 6.03 Å². The maximum atomic E-state index is 12.0. The molecule has 1 unspecified atom stereocenters. The van der Waals surface area contributed by atoms with Crippen molar-refractivity contribution < 1.29 is 14.7 Å². The van der Waals surface area contributed by atoms with Gasteiger partial charge in [0.15, 0.2) is 0 Å². The summed E-state index contributed by atoms with van der Waals surface area (Å²) in [6.07, 6.45) is 0.558. The van der Waals surface area contributed by atoms with Crippen LogP contribution in [-0.4, -0.2) is 79.1 Å². The van der Waals surface area contributed by atoms with Crippen LogP contribution in [0.3, 0.4) is 0 Å². The van der Waals surface area contributed by atoms with E-state index in [0.29, 0.717) is 26.1 Å². The first-order valence-corrected chi connectivity index (χ1v) is 5.79. The number of amides is 2. The van der Waals surface area contributed by atoms with Crippen LogP contribution in [0.1, 0.15) is 6.42 Å². The van der Waals surface area contributed by atoms with Gasteiger partial charge in [0.05, 0.1) is 5.92 Å². The van der Waals surface area contributed by atoms with Crippen LogP contribution < -0.4 is 0 Å². The molecule has 1 saturated heterocycles. The van der Waals surface area contributed by atoms with Gasteiger partial charge < -0.3 is 19.8 Å². The van der Waals surface area contributed by atoms with Crippen LogP contribution in [0.5, 0.6) is 0 Å². The molecule has 0 saturated carbocycles. The Hall–Kier alpha value is -1.30. The van der Waals surface area contributed by atoms with Crippen molar-refractivity contribution in [3.8, 4) is 0 Å². The first-order valence-electron chi connectivity index (χ1n) is 5.79. The summed E-state index contributed by atoms with van der Waals surface area (Å²) in [7, 11) is 5.66. The minimum absolute atomic E-state index is 0.0735. The van der Waals surface area contributed by atoms with Gasteiger partial charge in [-0.05, 0) is 20.5 Å². The van der Waals surface area contributed by atoms with Crippen molar-refractivity contribution in [2.45, 2.75) is 6.42 Å². The summed E-state index contributed by atoms with van der Waals surface area (Å²) in [6.45, 7) is 2.33. The van der Waals surface area contributed by atoms with E-state index in [9.17, 15) is 9.59 Å². The number of hydrogen-bond donors (Lipinski definition) is 1. The molecule has 2 amide bonds. The van der Waals surface area contributed by atoms with E-state index in [2.05, 4.69) is 0 Å². The van der Waals surface area contributed by atoms with Gasteiger partial charge in [-0.3, -0.25) is 4.79 Å². The minimum atomic E-state index is -0.809. The highest BCUT2D eigenvalue weighted by Gasteiger charge is 2.31. The third-order valence-corrected chi connectivity index (χ3v) is 3.02. The monoisotopic (exact) mass is 243 g/mol. The highest BCUT2D eigenvalue weighted by atomic mass is 16.4. The van der Waals surface area contributed by atoms with Gasteiger partial charge in [-0.2, -0.15) is 0 Å². The number of likely N-dealkylation sites (N-methyl/N-ethyl adjacent to an activating group) is 2. The highest BCUT2D eigenvalue weighted by Crippen LogP contribution is 2.17. The Morgan fingerprint density at radius 2 is 1.94 bits per heavy atom. The van der Waals surface area contributed by atoms with Gasteiger partial charge in [0.1, 0.15) is 0 Å². The van der Waals surface area contributed by atoms with Crippen molar-refractivity contribution >= 4 is 12.0 Å². The van der Waals surface area contributed by atoms with Crippen molar-refractivity contribution in [1.29, 1.82) is 0 Å². The standard InChI is InChI=1S/C11H21N3O3/c1-12(2)6-7-13(3)11(17)14-5-4-9(8-14)10(15)16/h9H,4-8H2,1-3H3,(H,15,16). The summed E-state index contributed by atoms with van der Waals surface area (Å²) in [5, 5.41) is 8.87. The Balaban J connectivity index is 2.40. The predicted molar refractivity (Wildman–Crippen MR) is 63.9 cm³/mol. The van der Waals surface area contributed by atoms with Crippen LogP contribution in [0.25, 0.3) is 0 Å². The highest BCUT2D eigenvalue weighted by molar-refractivity contribution is 5.77. The maximum Gasteiger partial charge on any atom is 0.319 e. The molecule has 1 aliphatic rings. The Morgan fingerprint density at radius 1 is 1.29 bits per heavy atom. The molecule has 1 heterocycles. The zero-order valence-electron chi connectivity index (χ0n) is 10.7. The Bertz CT molecular complexity index is 294. The smallest absolute Gasteiger partial charge is 0.319 e. The normalized spacial score (nSPS) is 19.8. The van der Waals surface area contributed by atoms with Gasteiger partial charge in [0, 0.05) is 33.2 Å². The number of carboxylic acid groups (broad SMARTS) is 1. The molecular formula is C11H21N3O3. The van der Waals surface area contributed by atoms with Crippen LogP contribution in [0.2, 0.25) is 0 Å². The van der Waals surface area contributed by atoms with Gasteiger partial charge in [0.25, 0.3) is 0 Å². The second kappa shape index (κ2) is 5.86. The van der Waals surface area contributed by atoms with Gasteiger partial charge >= 0.3 is 12.0 Å². The van der Waals surface area contributed by atoms with Crippen LogP contribution in [0.4, 0.5) is 4.79 Å². The molecule has 6 heteroatoms. The van der Waals surface area contributed by atoms with E-state index in [1.807, 2.05) is 19.0 Å². The molecule has 1 N–H and O–H groups in total. The summed E-state index contributed by atoms with van der Waals surface area (Å²) in [4.78, 5) is 28.0. The lowest BCUT2D eigenvalue weighted by Gasteiger charge is -2.25. The first kappa shape index (κ1) is 13.8. The molecule has 0 aliphatic carbocycles. The van der Waals surface area contributed by atoms with Gasteiger partial charge in [-0.1, -0.05) is 0 Å². The molecular weight excluding hydrogens is 222 g/mol. The fraction of sp³-hybridized carbons (Fsp3) is 0.818. The van der Waals surface area contributed by atoms with Crippen LogP contribution in [0.15, 0.2) is 0 Å². The zero-order chi connectivity index (χ0) is 13.0. The summed E-state index contributed by atoms with van der Waals surface area (Å²) in [5.74, 6) is -1.21. The molecule has 1 aliphatic heterocycles. The van der Waals surface area contributed by atoms with Crippen molar-refractivity contribution in [2.24, 2.45) is 5.92 Å². The first-order chi connectivity index (χ1) is 7.91. The Morgan fingerprint density at radius 3 is 2.41 bits per heavy atom. The number of nitrogens with zero attached hydrogens (tertiary/aromatic N) is 3. The third kappa shape index (κ3) is 3.89. The van der Waals surface area contributed by atoms with E-state index >= 15 is 0 Å². The lowest BCUT2D eigenvalue weighted by Crippen LogP contribution is -2.42. The van der Waals surface area contributed by atoms with E-state index in [1.165, 1.54) is 0 Å². The summed E-state index contributed by atoms with van der Waals surface area (Å²) < 4.78 is 0. The molecule has 1 fully saturated rings. The van der Waals surface area contributed by atoms with Crippen molar-refractivity contribution in [3.63, 3.8) is 0 Å². The number of carbonyl (C=O) groups is 2. The number of aliphatic carboxylic acids is 1. The maximum absolute atomic E-state index is 12.0. The van der Waals surface area contributed by atoms with E-state index in [1.54, 1.807) is 16.8 Å². The second-order valence-electron chi connectivity index (χ2n) is 4.78. The fourth-order valence-corrected chi connectivity index (χ4v) is 1.82. The molecule has 1 rings (SSSR count).